The Morgan fingerprint density at radius 3 is 2.68 bits per heavy atom. The Morgan fingerprint density at radius 2 is 2.00 bits per heavy atom. The summed E-state index contributed by atoms with van der Waals surface area (Å²) in [6.07, 6.45) is 5.93. The molecule has 3 rings (SSSR count). The summed E-state index contributed by atoms with van der Waals surface area (Å²) in [7, 11) is 0. The van der Waals surface area contributed by atoms with Crippen LogP contribution >= 0.6 is 0 Å². The molecule has 0 unspecified atom stereocenters. The van der Waals surface area contributed by atoms with Crippen LogP contribution in [0.2, 0.25) is 0 Å². The van der Waals surface area contributed by atoms with Crippen LogP contribution in [0.5, 0.6) is 0 Å². The summed E-state index contributed by atoms with van der Waals surface area (Å²) in [5.74, 6) is -1.40. The van der Waals surface area contributed by atoms with E-state index >= 15 is 0 Å². The van der Waals surface area contributed by atoms with E-state index in [2.05, 4.69) is 21.3 Å². The van der Waals surface area contributed by atoms with Crippen molar-refractivity contribution in [3.63, 3.8) is 0 Å². The molecule has 0 aliphatic carbocycles. The second-order valence-corrected chi connectivity index (χ2v) is 6.89. The third kappa shape index (κ3) is 5.06. The number of likely N-dealkylation sites (tertiary alicyclic amines) is 1. The molecular formula is C20H25F2N3. The average molecular weight is 345 g/mol. The van der Waals surface area contributed by atoms with Gasteiger partial charge in [0.25, 0.3) is 0 Å². The van der Waals surface area contributed by atoms with Crippen molar-refractivity contribution in [2.45, 2.75) is 38.3 Å². The van der Waals surface area contributed by atoms with Gasteiger partial charge in [-0.3, -0.25) is 9.88 Å². The van der Waals surface area contributed by atoms with Gasteiger partial charge < -0.3 is 5.32 Å². The minimum absolute atomic E-state index is 0.156. The fourth-order valence-corrected chi connectivity index (χ4v) is 3.33. The molecule has 25 heavy (non-hydrogen) atoms. The molecular weight excluding hydrogens is 320 g/mol. The van der Waals surface area contributed by atoms with Crippen LogP contribution in [0.15, 0.2) is 42.7 Å². The molecule has 134 valence electrons. The summed E-state index contributed by atoms with van der Waals surface area (Å²) >= 11 is 0. The van der Waals surface area contributed by atoms with E-state index in [0.29, 0.717) is 6.04 Å². The zero-order valence-electron chi connectivity index (χ0n) is 14.6. The maximum Gasteiger partial charge on any atom is 0.159 e. The maximum atomic E-state index is 13.4. The highest BCUT2D eigenvalue weighted by Gasteiger charge is 2.20. The van der Waals surface area contributed by atoms with E-state index in [1.54, 1.807) is 12.3 Å². The second kappa shape index (κ2) is 8.50. The van der Waals surface area contributed by atoms with Gasteiger partial charge in [0.2, 0.25) is 0 Å². The van der Waals surface area contributed by atoms with Crippen LogP contribution in [0.25, 0.3) is 0 Å². The van der Waals surface area contributed by atoms with Gasteiger partial charge >= 0.3 is 0 Å². The SMILES string of the molecule is C[C@H](CNC1CCN(Cc2cccnc2)CC1)c1ccc(F)c(F)c1. The Bertz CT molecular complexity index is 670. The lowest BCUT2D eigenvalue weighted by Crippen LogP contribution is -2.43. The smallest absolute Gasteiger partial charge is 0.159 e. The Hall–Kier alpha value is -1.85. The number of aromatic nitrogens is 1. The second-order valence-electron chi connectivity index (χ2n) is 6.89. The standard InChI is InChI=1S/C20H25F2N3/c1-15(17-4-5-19(21)20(22)11-17)12-24-18-6-9-25(10-7-18)14-16-3-2-8-23-13-16/h2-5,8,11,13,15,18,24H,6-7,9-10,12,14H2,1H3/t15-/m1/s1. The maximum absolute atomic E-state index is 13.4. The van der Waals surface area contributed by atoms with Gasteiger partial charge in [-0.05, 0) is 61.2 Å². The number of nitrogens with one attached hydrogen (secondary N) is 1. The van der Waals surface area contributed by atoms with Crippen molar-refractivity contribution in [1.29, 1.82) is 0 Å². The molecule has 1 fully saturated rings. The fraction of sp³-hybridized carbons (Fsp3) is 0.450. The first-order chi connectivity index (χ1) is 12.1. The average Bonchev–Trinajstić information content (AvgIpc) is 2.64. The molecule has 1 aliphatic heterocycles. The molecule has 1 aliphatic rings. The molecule has 1 saturated heterocycles. The summed E-state index contributed by atoms with van der Waals surface area (Å²) in [6, 6.07) is 8.75. The number of hydrogen-bond acceptors (Lipinski definition) is 3. The van der Waals surface area contributed by atoms with Crippen molar-refractivity contribution in [2.75, 3.05) is 19.6 Å². The van der Waals surface area contributed by atoms with Gasteiger partial charge in [0.1, 0.15) is 0 Å². The van der Waals surface area contributed by atoms with E-state index in [9.17, 15) is 8.78 Å². The van der Waals surface area contributed by atoms with Crippen molar-refractivity contribution >= 4 is 0 Å². The molecule has 1 atom stereocenters. The predicted molar refractivity (Wildman–Crippen MR) is 95.3 cm³/mol. The Balaban J connectivity index is 1.42. The molecule has 5 heteroatoms. The van der Waals surface area contributed by atoms with Gasteiger partial charge in [0, 0.05) is 31.5 Å². The van der Waals surface area contributed by atoms with Gasteiger partial charge in [-0.25, -0.2) is 8.78 Å². The first-order valence-electron chi connectivity index (χ1n) is 8.91. The fourth-order valence-electron chi connectivity index (χ4n) is 3.33. The topological polar surface area (TPSA) is 28.2 Å². The molecule has 0 radical (unpaired) electrons. The van der Waals surface area contributed by atoms with E-state index in [4.69, 9.17) is 0 Å². The number of nitrogens with zero attached hydrogens (tertiary/aromatic N) is 2. The molecule has 0 amide bonds. The summed E-state index contributed by atoms with van der Waals surface area (Å²) in [5.41, 5.74) is 2.08. The highest BCUT2D eigenvalue weighted by atomic mass is 19.2. The predicted octanol–water partition coefficient (Wildman–Crippen LogP) is 3.72. The number of pyridine rings is 1. The summed E-state index contributed by atoms with van der Waals surface area (Å²) in [6.45, 7) is 5.89. The number of halogens is 2. The Kier molecular flexibility index (Phi) is 6.10. The normalized spacial score (nSPS) is 17.6. The number of benzene rings is 1. The lowest BCUT2D eigenvalue weighted by molar-refractivity contribution is 0.190. The van der Waals surface area contributed by atoms with Crippen molar-refractivity contribution in [3.05, 3.63) is 65.5 Å². The van der Waals surface area contributed by atoms with Crippen LogP contribution in [0.4, 0.5) is 8.78 Å². The van der Waals surface area contributed by atoms with E-state index in [1.165, 1.54) is 17.7 Å². The van der Waals surface area contributed by atoms with Gasteiger partial charge in [-0.15, -0.1) is 0 Å². The molecule has 1 N–H and O–H groups in total. The van der Waals surface area contributed by atoms with E-state index in [1.807, 2.05) is 19.2 Å². The van der Waals surface area contributed by atoms with Crippen molar-refractivity contribution in [1.82, 2.24) is 15.2 Å². The lowest BCUT2D eigenvalue weighted by atomic mass is 9.99. The van der Waals surface area contributed by atoms with Crippen LogP contribution in [0, 0.1) is 11.6 Å². The van der Waals surface area contributed by atoms with Crippen LogP contribution < -0.4 is 5.32 Å². The first-order valence-corrected chi connectivity index (χ1v) is 8.91. The van der Waals surface area contributed by atoms with Crippen molar-refractivity contribution in [2.24, 2.45) is 0 Å². The van der Waals surface area contributed by atoms with Gasteiger partial charge in [0.05, 0.1) is 0 Å². The minimum Gasteiger partial charge on any atom is -0.313 e. The summed E-state index contributed by atoms with van der Waals surface area (Å²) in [5, 5.41) is 3.58. The number of piperidine rings is 1. The van der Waals surface area contributed by atoms with E-state index in [-0.39, 0.29) is 5.92 Å². The van der Waals surface area contributed by atoms with Gasteiger partial charge in [0.15, 0.2) is 11.6 Å². The minimum atomic E-state index is -0.787. The van der Waals surface area contributed by atoms with Crippen LogP contribution in [0.1, 0.15) is 36.8 Å². The van der Waals surface area contributed by atoms with Gasteiger partial charge in [-0.1, -0.05) is 19.1 Å². The highest BCUT2D eigenvalue weighted by molar-refractivity contribution is 5.21. The molecule has 3 nitrogen and oxygen atoms in total. The molecule has 0 saturated carbocycles. The largest absolute Gasteiger partial charge is 0.313 e. The first kappa shape index (κ1) is 18.0. The third-order valence-electron chi connectivity index (χ3n) is 4.94. The quantitative estimate of drug-likeness (QED) is 0.865. The molecule has 2 aromatic rings. The number of hydrogen-bond donors (Lipinski definition) is 1. The lowest BCUT2D eigenvalue weighted by Gasteiger charge is -2.33. The third-order valence-corrected chi connectivity index (χ3v) is 4.94. The summed E-state index contributed by atoms with van der Waals surface area (Å²) < 4.78 is 26.4. The zero-order valence-corrected chi connectivity index (χ0v) is 14.6. The molecule has 0 bridgehead atoms. The zero-order chi connectivity index (χ0) is 17.6. The molecule has 2 heterocycles. The summed E-state index contributed by atoms with van der Waals surface area (Å²) in [4.78, 5) is 6.62. The number of rotatable bonds is 6. The molecule has 0 spiro atoms. The highest BCUT2D eigenvalue weighted by Crippen LogP contribution is 2.19. The van der Waals surface area contributed by atoms with E-state index in [0.717, 1.165) is 44.6 Å². The Labute approximate surface area is 148 Å². The van der Waals surface area contributed by atoms with Crippen molar-refractivity contribution < 1.29 is 8.78 Å². The van der Waals surface area contributed by atoms with E-state index < -0.39 is 11.6 Å². The van der Waals surface area contributed by atoms with Crippen LogP contribution in [-0.4, -0.2) is 35.6 Å². The molecule has 1 aromatic heterocycles. The molecule has 1 aromatic carbocycles. The van der Waals surface area contributed by atoms with Crippen LogP contribution in [0.3, 0.4) is 0 Å². The van der Waals surface area contributed by atoms with Crippen molar-refractivity contribution in [3.8, 4) is 0 Å². The van der Waals surface area contributed by atoms with Crippen LogP contribution in [-0.2, 0) is 6.54 Å². The Morgan fingerprint density at radius 1 is 1.20 bits per heavy atom. The van der Waals surface area contributed by atoms with Gasteiger partial charge in [-0.2, -0.15) is 0 Å². The monoisotopic (exact) mass is 345 g/mol.